The highest BCUT2D eigenvalue weighted by Gasteiger charge is 2.13. The number of nitrogens with one attached hydrogen (secondary N) is 1. The summed E-state index contributed by atoms with van der Waals surface area (Å²) in [7, 11) is 0. The molecule has 0 spiro atoms. The molecule has 0 aliphatic rings. The van der Waals surface area contributed by atoms with Crippen molar-refractivity contribution in [1.29, 1.82) is 0 Å². The molecule has 0 aliphatic carbocycles. The van der Waals surface area contributed by atoms with Crippen LogP contribution >= 0.6 is 0 Å². The van der Waals surface area contributed by atoms with Crippen molar-refractivity contribution in [3.63, 3.8) is 0 Å². The van der Waals surface area contributed by atoms with Crippen molar-refractivity contribution < 1.29 is 8.78 Å². The van der Waals surface area contributed by atoms with E-state index in [2.05, 4.69) is 10.3 Å². The molecule has 1 N–H and O–H groups in total. The Morgan fingerprint density at radius 2 is 2.00 bits per heavy atom. The smallest absolute Gasteiger partial charge is 0.164 e. The summed E-state index contributed by atoms with van der Waals surface area (Å²) in [6.45, 7) is 3.70. The fourth-order valence-electron chi connectivity index (χ4n) is 1.82. The molecule has 0 amide bonds. The van der Waals surface area contributed by atoms with Crippen LogP contribution in [0.25, 0.3) is 0 Å². The van der Waals surface area contributed by atoms with Gasteiger partial charge in [0.15, 0.2) is 11.6 Å². The Labute approximate surface area is 105 Å². The first kappa shape index (κ1) is 12.5. The largest absolute Gasteiger partial charge is 0.377 e. The maximum absolute atomic E-state index is 13.6. The van der Waals surface area contributed by atoms with E-state index in [1.807, 2.05) is 13.0 Å². The quantitative estimate of drug-likeness (QED) is 0.892. The second-order valence-electron chi connectivity index (χ2n) is 4.26. The molecule has 0 saturated heterocycles. The van der Waals surface area contributed by atoms with E-state index < -0.39 is 11.6 Å². The molecule has 18 heavy (non-hydrogen) atoms. The molecular weight excluding hydrogens is 234 g/mol. The predicted octanol–water partition coefficient (Wildman–Crippen LogP) is 3.84. The van der Waals surface area contributed by atoms with E-state index in [0.29, 0.717) is 5.56 Å². The number of aromatic nitrogens is 1. The van der Waals surface area contributed by atoms with Crippen LogP contribution in [-0.2, 0) is 0 Å². The zero-order valence-electron chi connectivity index (χ0n) is 10.2. The second-order valence-corrected chi connectivity index (χ2v) is 4.26. The summed E-state index contributed by atoms with van der Waals surface area (Å²) in [5, 5.41) is 3.10. The highest BCUT2D eigenvalue weighted by Crippen LogP contribution is 2.23. The molecule has 94 valence electrons. The SMILES string of the molecule is Cc1cncc(NC(C)c2cccc(F)c2F)c1. The first-order valence-corrected chi connectivity index (χ1v) is 5.70. The van der Waals surface area contributed by atoms with Crippen LogP contribution < -0.4 is 5.32 Å². The minimum atomic E-state index is -0.830. The Balaban J connectivity index is 2.22. The molecule has 1 atom stereocenters. The van der Waals surface area contributed by atoms with Gasteiger partial charge in [-0.05, 0) is 31.5 Å². The molecule has 0 saturated carbocycles. The van der Waals surface area contributed by atoms with Gasteiger partial charge in [-0.1, -0.05) is 12.1 Å². The third-order valence-corrected chi connectivity index (χ3v) is 2.71. The molecule has 1 aromatic carbocycles. The normalized spacial score (nSPS) is 12.2. The van der Waals surface area contributed by atoms with E-state index in [-0.39, 0.29) is 6.04 Å². The lowest BCUT2D eigenvalue weighted by Gasteiger charge is -2.16. The maximum Gasteiger partial charge on any atom is 0.164 e. The lowest BCUT2D eigenvalue weighted by Crippen LogP contribution is -2.09. The molecule has 0 aliphatic heterocycles. The van der Waals surface area contributed by atoms with Crippen LogP contribution in [0.5, 0.6) is 0 Å². The standard InChI is InChI=1S/C14H14F2N2/c1-9-6-11(8-17-7-9)18-10(2)12-4-3-5-13(15)14(12)16/h3-8,10,18H,1-2H3. The van der Waals surface area contributed by atoms with Crippen LogP contribution in [0.3, 0.4) is 0 Å². The van der Waals surface area contributed by atoms with Gasteiger partial charge in [-0.3, -0.25) is 4.98 Å². The van der Waals surface area contributed by atoms with Crippen LogP contribution in [0.2, 0.25) is 0 Å². The zero-order chi connectivity index (χ0) is 13.1. The van der Waals surface area contributed by atoms with Gasteiger partial charge in [0.05, 0.1) is 11.7 Å². The number of nitrogens with zero attached hydrogens (tertiary/aromatic N) is 1. The molecule has 0 bridgehead atoms. The molecule has 1 heterocycles. The summed E-state index contributed by atoms with van der Waals surface area (Å²) < 4.78 is 26.7. The lowest BCUT2D eigenvalue weighted by atomic mass is 10.1. The van der Waals surface area contributed by atoms with Crippen molar-refractivity contribution in [3.05, 3.63) is 59.4 Å². The van der Waals surface area contributed by atoms with Crippen LogP contribution in [0.15, 0.2) is 36.7 Å². The number of hydrogen-bond acceptors (Lipinski definition) is 2. The van der Waals surface area contributed by atoms with Crippen LogP contribution in [0.1, 0.15) is 24.1 Å². The van der Waals surface area contributed by atoms with Crippen molar-refractivity contribution in [2.45, 2.75) is 19.9 Å². The minimum Gasteiger partial charge on any atom is -0.377 e. The molecule has 1 unspecified atom stereocenters. The summed E-state index contributed by atoms with van der Waals surface area (Å²) in [5.74, 6) is -1.64. The Kier molecular flexibility index (Phi) is 3.55. The van der Waals surface area contributed by atoms with Crippen LogP contribution in [0.4, 0.5) is 14.5 Å². The molecule has 1 aromatic heterocycles. The minimum absolute atomic E-state index is 0.302. The number of benzene rings is 1. The predicted molar refractivity (Wildman–Crippen MR) is 67.4 cm³/mol. The molecule has 4 heteroatoms. The van der Waals surface area contributed by atoms with Gasteiger partial charge in [-0.25, -0.2) is 8.78 Å². The Hall–Kier alpha value is -1.97. The van der Waals surface area contributed by atoms with Crippen LogP contribution in [-0.4, -0.2) is 4.98 Å². The first-order chi connectivity index (χ1) is 8.58. The van der Waals surface area contributed by atoms with Gasteiger partial charge in [0.2, 0.25) is 0 Å². The van der Waals surface area contributed by atoms with Gasteiger partial charge in [0.25, 0.3) is 0 Å². The van der Waals surface area contributed by atoms with Crippen molar-refractivity contribution in [2.75, 3.05) is 5.32 Å². The van der Waals surface area contributed by atoms with Gasteiger partial charge in [0.1, 0.15) is 0 Å². The fourth-order valence-corrected chi connectivity index (χ4v) is 1.82. The first-order valence-electron chi connectivity index (χ1n) is 5.70. The van der Waals surface area contributed by atoms with E-state index in [0.717, 1.165) is 17.3 Å². The Morgan fingerprint density at radius 3 is 2.72 bits per heavy atom. The molecular formula is C14H14F2N2. The highest BCUT2D eigenvalue weighted by atomic mass is 19.2. The molecule has 2 aromatic rings. The Bertz CT molecular complexity index is 555. The molecule has 2 nitrogen and oxygen atoms in total. The highest BCUT2D eigenvalue weighted by molar-refractivity contribution is 5.45. The average Bonchev–Trinajstić information content (AvgIpc) is 2.32. The summed E-state index contributed by atoms with van der Waals surface area (Å²) in [5.41, 5.74) is 2.09. The van der Waals surface area contributed by atoms with E-state index in [4.69, 9.17) is 0 Å². The molecule has 2 rings (SSSR count). The van der Waals surface area contributed by atoms with Crippen molar-refractivity contribution >= 4 is 5.69 Å². The number of pyridine rings is 1. The summed E-state index contributed by atoms with van der Waals surface area (Å²) in [6, 6.07) is 5.75. The van der Waals surface area contributed by atoms with E-state index in [9.17, 15) is 8.78 Å². The average molecular weight is 248 g/mol. The number of aryl methyl sites for hydroxylation is 1. The van der Waals surface area contributed by atoms with E-state index >= 15 is 0 Å². The number of rotatable bonds is 3. The summed E-state index contributed by atoms with van der Waals surface area (Å²) >= 11 is 0. The van der Waals surface area contributed by atoms with Gasteiger partial charge < -0.3 is 5.32 Å². The lowest BCUT2D eigenvalue weighted by molar-refractivity contribution is 0.494. The second kappa shape index (κ2) is 5.12. The molecule has 0 fully saturated rings. The zero-order valence-corrected chi connectivity index (χ0v) is 10.2. The fraction of sp³-hybridized carbons (Fsp3) is 0.214. The monoisotopic (exact) mass is 248 g/mol. The third-order valence-electron chi connectivity index (χ3n) is 2.71. The number of hydrogen-bond donors (Lipinski definition) is 1. The topological polar surface area (TPSA) is 24.9 Å². The van der Waals surface area contributed by atoms with Gasteiger partial charge in [0, 0.05) is 18.0 Å². The van der Waals surface area contributed by atoms with Crippen molar-refractivity contribution in [2.24, 2.45) is 0 Å². The van der Waals surface area contributed by atoms with E-state index in [1.165, 1.54) is 6.07 Å². The van der Waals surface area contributed by atoms with Gasteiger partial charge >= 0.3 is 0 Å². The number of halogens is 2. The van der Waals surface area contributed by atoms with Crippen molar-refractivity contribution in [1.82, 2.24) is 4.98 Å². The van der Waals surface area contributed by atoms with Gasteiger partial charge in [-0.15, -0.1) is 0 Å². The van der Waals surface area contributed by atoms with Crippen molar-refractivity contribution in [3.8, 4) is 0 Å². The summed E-state index contributed by atoms with van der Waals surface area (Å²) in [4.78, 5) is 4.04. The third kappa shape index (κ3) is 2.64. The summed E-state index contributed by atoms with van der Waals surface area (Å²) in [6.07, 6.45) is 3.39. The molecule has 0 radical (unpaired) electrons. The Morgan fingerprint density at radius 1 is 1.22 bits per heavy atom. The van der Waals surface area contributed by atoms with Gasteiger partial charge in [-0.2, -0.15) is 0 Å². The maximum atomic E-state index is 13.6. The number of anilines is 1. The van der Waals surface area contributed by atoms with E-state index in [1.54, 1.807) is 25.4 Å². The van der Waals surface area contributed by atoms with Crippen LogP contribution in [0, 0.1) is 18.6 Å².